The van der Waals surface area contributed by atoms with E-state index in [2.05, 4.69) is 20.8 Å². The van der Waals surface area contributed by atoms with Gasteiger partial charge in [-0.25, -0.2) is 0 Å². The van der Waals surface area contributed by atoms with Gasteiger partial charge in [-0.1, -0.05) is 20.8 Å². The molecule has 0 aromatic rings. The predicted molar refractivity (Wildman–Crippen MR) is 51.5 cm³/mol. The third-order valence-corrected chi connectivity index (χ3v) is 3.54. The highest BCUT2D eigenvalue weighted by atomic mass is 16.6. The molecule has 0 aromatic heterocycles. The Morgan fingerprint density at radius 1 is 1.46 bits per heavy atom. The maximum absolute atomic E-state index is 10.4. The van der Waals surface area contributed by atoms with Crippen LogP contribution in [0.1, 0.15) is 40.0 Å². The molecule has 1 heterocycles. The van der Waals surface area contributed by atoms with Gasteiger partial charge < -0.3 is 9.84 Å². The summed E-state index contributed by atoms with van der Waals surface area (Å²) >= 11 is 0. The van der Waals surface area contributed by atoms with Crippen molar-refractivity contribution in [3.05, 3.63) is 0 Å². The van der Waals surface area contributed by atoms with Crippen LogP contribution in [0.3, 0.4) is 0 Å². The predicted octanol–water partition coefficient (Wildman–Crippen LogP) is 1.96. The Morgan fingerprint density at radius 3 is 2.46 bits per heavy atom. The maximum atomic E-state index is 10.4. The molecule has 1 aliphatic carbocycles. The Kier molecular flexibility index (Phi) is 1.97. The first-order valence-electron chi connectivity index (χ1n) is 5.25. The van der Waals surface area contributed by atoms with Gasteiger partial charge in [0.1, 0.15) is 0 Å². The number of epoxide rings is 1. The lowest BCUT2D eigenvalue weighted by Gasteiger charge is -2.27. The van der Waals surface area contributed by atoms with E-state index < -0.39 is 5.60 Å². The molecule has 2 heteroatoms. The van der Waals surface area contributed by atoms with Crippen LogP contribution < -0.4 is 0 Å². The topological polar surface area (TPSA) is 32.8 Å². The fraction of sp³-hybridized carbons (Fsp3) is 1.00. The van der Waals surface area contributed by atoms with E-state index in [1.165, 1.54) is 0 Å². The van der Waals surface area contributed by atoms with Crippen molar-refractivity contribution in [2.45, 2.75) is 51.7 Å². The van der Waals surface area contributed by atoms with E-state index in [1.807, 2.05) is 0 Å². The van der Waals surface area contributed by atoms with Gasteiger partial charge in [0, 0.05) is 6.42 Å². The van der Waals surface area contributed by atoms with E-state index in [1.54, 1.807) is 0 Å². The molecule has 2 rings (SSSR count). The number of hydrogen-bond acceptors (Lipinski definition) is 2. The second-order valence-corrected chi connectivity index (χ2v) is 5.71. The van der Waals surface area contributed by atoms with Gasteiger partial charge in [0.05, 0.1) is 18.3 Å². The minimum atomic E-state index is -0.454. The molecule has 1 saturated heterocycles. The summed E-state index contributed by atoms with van der Waals surface area (Å²) in [5, 5.41) is 10.4. The fourth-order valence-electron chi connectivity index (χ4n) is 2.95. The zero-order chi connectivity index (χ0) is 9.69. The molecule has 3 atom stereocenters. The van der Waals surface area contributed by atoms with Crippen LogP contribution in [0, 0.1) is 11.3 Å². The van der Waals surface area contributed by atoms with Gasteiger partial charge in [-0.2, -0.15) is 0 Å². The zero-order valence-corrected chi connectivity index (χ0v) is 8.84. The zero-order valence-electron chi connectivity index (χ0n) is 8.84. The fourth-order valence-corrected chi connectivity index (χ4v) is 2.95. The van der Waals surface area contributed by atoms with E-state index >= 15 is 0 Å². The van der Waals surface area contributed by atoms with Crippen LogP contribution in [0.25, 0.3) is 0 Å². The highest BCUT2D eigenvalue weighted by molar-refractivity contribution is 5.00. The SMILES string of the molecule is CC1CC(C)(C)CC1(O)CC1CO1. The van der Waals surface area contributed by atoms with Crippen LogP contribution in [0.15, 0.2) is 0 Å². The Morgan fingerprint density at radius 2 is 2.08 bits per heavy atom. The molecule has 0 amide bonds. The summed E-state index contributed by atoms with van der Waals surface area (Å²) in [5.74, 6) is 0.423. The molecule has 76 valence electrons. The lowest BCUT2D eigenvalue weighted by Crippen LogP contribution is -2.33. The van der Waals surface area contributed by atoms with Crippen molar-refractivity contribution in [2.75, 3.05) is 6.61 Å². The summed E-state index contributed by atoms with van der Waals surface area (Å²) in [7, 11) is 0. The summed E-state index contributed by atoms with van der Waals surface area (Å²) in [5.41, 5.74) is -0.145. The third-order valence-electron chi connectivity index (χ3n) is 3.54. The highest BCUT2D eigenvalue weighted by Crippen LogP contribution is 2.50. The molecule has 0 bridgehead atoms. The highest BCUT2D eigenvalue weighted by Gasteiger charge is 2.49. The monoisotopic (exact) mass is 184 g/mol. The minimum Gasteiger partial charge on any atom is -0.389 e. The summed E-state index contributed by atoms with van der Waals surface area (Å²) in [6.07, 6.45) is 3.26. The van der Waals surface area contributed by atoms with Gasteiger partial charge in [0.2, 0.25) is 0 Å². The molecular formula is C11H20O2. The van der Waals surface area contributed by atoms with E-state index in [0.717, 1.165) is 25.9 Å². The molecule has 0 spiro atoms. The average Bonchev–Trinajstić information content (AvgIpc) is 2.64. The van der Waals surface area contributed by atoms with Crippen molar-refractivity contribution < 1.29 is 9.84 Å². The Balaban J connectivity index is 2.04. The summed E-state index contributed by atoms with van der Waals surface area (Å²) in [4.78, 5) is 0. The summed E-state index contributed by atoms with van der Waals surface area (Å²) < 4.78 is 5.19. The molecule has 2 nitrogen and oxygen atoms in total. The van der Waals surface area contributed by atoms with Crippen molar-refractivity contribution in [2.24, 2.45) is 11.3 Å². The van der Waals surface area contributed by atoms with Crippen LogP contribution in [-0.2, 0) is 4.74 Å². The van der Waals surface area contributed by atoms with Gasteiger partial charge in [-0.3, -0.25) is 0 Å². The average molecular weight is 184 g/mol. The van der Waals surface area contributed by atoms with Gasteiger partial charge >= 0.3 is 0 Å². The van der Waals surface area contributed by atoms with Gasteiger partial charge in [0.15, 0.2) is 0 Å². The molecule has 2 aliphatic rings. The molecular weight excluding hydrogens is 164 g/mol. The molecule has 1 aliphatic heterocycles. The Bertz CT molecular complexity index is 208. The smallest absolute Gasteiger partial charge is 0.0837 e. The number of hydrogen-bond donors (Lipinski definition) is 1. The quantitative estimate of drug-likeness (QED) is 0.665. The molecule has 3 unspecified atom stereocenters. The Hall–Kier alpha value is -0.0800. The second kappa shape index (κ2) is 2.71. The second-order valence-electron chi connectivity index (χ2n) is 5.71. The maximum Gasteiger partial charge on any atom is 0.0837 e. The summed E-state index contributed by atoms with van der Waals surface area (Å²) in [6.45, 7) is 7.51. The number of rotatable bonds is 2. The molecule has 1 saturated carbocycles. The molecule has 0 aromatic carbocycles. The van der Waals surface area contributed by atoms with E-state index in [0.29, 0.717) is 17.4 Å². The largest absolute Gasteiger partial charge is 0.389 e. The number of aliphatic hydroxyl groups is 1. The van der Waals surface area contributed by atoms with Crippen LogP contribution in [0.5, 0.6) is 0 Å². The van der Waals surface area contributed by atoms with Crippen LogP contribution in [-0.4, -0.2) is 23.4 Å². The Labute approximate surface area is 80.3 Å². The van der Waals surface area contributed by atoms with Gasteiger partial charge in [-0.05, 0) is 24.2 Å². The van der Waals surface area contributed by atoms with Gasteiger partial charge in [0.25, 0.3) is 0 Å². The van der Waals surface area contributed by atoms with Crippen molar-refractivity contribution in [3.63, 3.8) is 0 Å². The molecule has 0 radical (unpaired) electrons. The van der Waals surface area contributed by atoms with Gasteiger partial charge in [-0.15, -0.1) is 0 Å². The van der Waals surface area contributed by atoms with E-state index in [9.17, 15) is 5.11 Å². The minimum absolute atomic E-state index is 0.309. The van der Waals surface area contributed by atoms with Crippen molar-refractivity contribution >= 4 is 0 Å². The van der Waals surface area contributed by atoms with Crippen molar-refractivity contribution in [1.82, 2.24) is 0 Å². The van der Waals surface area contributed by atoms with Crippen LogP contribution in [0.2, 0.25) is 0 Å². The molecule has 2 fully saturated rings. The van der Waals surface area contributed by atoms with E-state index in [4.69, 9.17) is 4.74 Å². The summed E-state index contributed by atoms with van der Waals surface area (Å²) in [6, 6.07) is 0. The molecule has 13 heavy (non-hydrogen) atoms. The van der Waals surface area contributed by atoms with Crippen molar-refractivity contribution in [3.8, 4) is 0 Å². The normalized spacial score (nSPS) is 48.0. The van der Waals surface area contributed by atoms with Crippen molar-refractivity contribution in [1.29, 1.82) is 0 Å². The molecule has 1 N–H and O–H groups in total. The lowest BCUT2D eigenvalue weighted by atomic mass is 9.86. The first kappa shape index (κ1) is 9.47. The van der Waals surface area contributed by atoms with Crippen LogP contribution in [0.4, 0.5) is 0 Å². The first-order valence-corrected chi connectivity index (χ1v) is 5.25. The van der Waals surface area contributed by atoms with Crippen LogP contribution >= 0.6 is 0 Å². The van der Waals surface area contributed by atoms with E-state index in [-0.39, 0.29) is 0 Å². The lowest BCUT2D eigenvalue weighted by molar-refractivity contribution is -0.01000. The first-order chi connectivity index (χ1) is 5.91. The third kappa shape index (κ3) is 1.89. The standard InChI is InChI=1S/C11H20O2/c1-8-4-10(2,3)7-11(8,12)5-9-6-13-9/h8-9,12H,4-7H2,1-3H3. The number of ether oxygens (including phenoxy) is 1.